The summed E-state index contributed by atoms with van der Waals surface area (Å²) in [5, 5.41) is 11.9. The molecule has 0 spiro atoms. The number of carbonyl (C=O) groups excluding carboxylic acids is 1. The lowest BCUT2D eigenvalue weighted by Crippen LogP contribution is -2.23. The quantitative estimate of drug-likeness (QED) is 0.510. The Balaban J connectivity index is 1.94. The van der Waals surface area contributed by atoms with Gasteiger partial charge in [0.2, 0.25) is 11.0 Å². The van der Waals surface area contributed by atoms with Gasteiger partial charge in [0.15, 0.2) is 5.16 Å². The predicted molar refractivity (Wildman–Crippen MR) is 91.7 cm³/mol. The van der Waals surface area contributed by atoms with Gasteiger partial charge in [-0.3, -0.25) is 14.9 Å². The molecule has 2 heterocycles. The Hall–Kier alpha value is -1.94. The molecule has 0 aliphatic carbocycles. The third-order valence-corrected chi connectivity index (χ3v) is 4.72. The number of H-pyrrole nitrogens is 1. The summed E-state index contributed by atoms with van der Waals surface area (Å²) in [7, 11) is 0. The van der Waals surface area contributed by atoms with Gasteiger partial charge in [-0.15, -0.1) is 10.2 Å². The molecular formula is C13H18N6O2S2. The number of anilines is 2. The van der Waals surface area contributed by atoms with Gasteiger partial charge in [0.25, 0.3) is 5.56 Å². The van der Waals surface area contributed by atoms with E-state index in [0.29, 0.717) is 10.3 Å². The van der Waals surface area contributed by atoms with E-state index in [9.17, 15) is 9.59 Å². The van der Waals surface area contributed by atoms with Crippen molar-refractivity contribution in [2.45, 2.75) is 43.5 Å². The maximum absolute atomic E-state index is 12.2. The molecule has 2 aromatic heterocycles. The first-order valence-electron chi connectivity index (χ1n) is 7.14. The third kappa shape index (κ3) is 5.32. The number of rotatable bonds is 7. The molecule has 0 aliphatic heterocycles. The summed E-state index contributed by atoms with van der Waals surface area (Å²) in [5.41, 5.74) is 5.17. The van der Waals surface area contributed by atoms with Crippen molar-refractivity contribution in [3.8, 4) is 0 Å². The van der Waals surface area contributed by atoms with Gasteiger partial charge in [-0.05, 0) is 13.3 Å². The smallest absolute Gasteiger partial charge is 0.253 e. The molecule has 8 nitrogen and oxygen atoms in total. The van der Waals surface area contributed by atoms with Crippen molar-refractivity contribution >= 4 is 40.0 Å². The van der Waals surface area contributed by atoms with E-state index in [-0.39, 0.29) is 17.3 Å². The molecular weight excluding hydrogens is 336 g/mol. The maximum Gasteiger partial charge on any atom is 0.253 e. The first-order chi connectivity index (χ1) is 11.0. The van der Waals surface area contributed by atoms with E-state index in [1.165, 1.54) is 17.4 Å². The van der Waals surface area contributed by atoms with Crippen LogP contribution in [0.4, 0.5) is 10.9 Å². The van der Waals surface area contributed by atoms with Crippen molar-refractivity contribution < 1.29 is 4.79 Å². The Morgan fingerprint density at radius 3 is 3.00 bits per heavy atom. The van der Waals surface area contributed by atoms with Crippen molar-refractivity contribution in [2.75, 3.05) is 11.1 Å². The van der Waals surface area contributed by atoms with Crippen LogP contribution in [0.3, 0.4) is 0 Å². The Kier molecular flexibility index (Phi) is 6.11. The van der Waals surface area contributed by atoms with Crippen molar-refractivity contribution in [3.05, 3.63) is 21.4 Å². The predicted octanol–water partition coefficient (Wildman–Crippen LogP) is 1.67. The second-order valence-corrected chi connectivity index (χ2v) is 7.22. The van der Waals surface area contributed by atoms with Crippen LogP contribution in [-0.2, 0) is 11.2 Å². The summed E-state index contributed by atoms with van der Waals surface area (Å²) in [6, 6.07) is 1.19. The van der Waals surface area contributed by atoms with Gasteiger partial charge in [0.1, 0.15) is 10.8 Å². The Labute approximate surface area is 141 Å². The summed E-state index contributed by atoms with van der Waals surface area (Å²) in [4.78, 5) is 30.0. The largest absolute Gasteiger partial charge is 0.383 e. The zero-order chi connectivity index (χ0) is 16.8. The summed E-state index contributed by atoms with van der Waals surface area (Å²) in [6.07, 6.45) is 2.99. The average Bonchev–Trinajstić information content (AvgIpc) is 2.91. The molecule has 0 fully saturated rings. The minimum atomic E-state index is -0.469. The summed E-state index contributed by atoms with van der Waals surface area (Å²) in [5.74, 6) is -0.119. The molecule has 23 heavy (non-hydrogen) atoms. The van der Waals surface area contributed by atoms with Gasteiger partial charge in [0, 0.05) is 12.5 Å². The van der Waals surface area contributed by atoms with Crippen LogP contribution in [0, 0.1) is 0 Å². The van der Waals surface area contributed by atoms with Gasteiger partial charge in [-0.25, -0.2) is 4.98 Å². The number of aryl methyl sites for hydroxylation is 1. The number of aromatic nitrogens is 4. The van der Waals surface area contributed by atoms with Crippen LogP contribution in [0.15, 0.2) is 16.0 Å². The van der Waals surface area contributed by atoms with Crippen molar-refractivity contribution in [1.82, 2.24) is 20.2 Å². The van der Waals surface area contributed by atoms with Gasteiger partial charge in [-0.1, -0.05) is 36.4 Å². The van der Waals surface area contributed by atoms with Crippen LogP contribution in [0.25, 0.3) is 0 Å². The number of thioether (sulfide) groups is 1. The molecule has 0 saturated heterocycles. The number of nitrogen functional groups attached to an aromatic ring is 1. The fraction of sp³-hybridized carbons (Fsp3) is 0.462. The fourth-order valence-corrected chi connectivity index (χ4v) is 3.27. The number of hydrogen-bond acceptors (Lipinski definition) is 8. The number of amides is 1. The normalized spacial score (nSPS) is 12.1. The Morgan fingerprint density at radius 2 is 2.30 bits per heavy atom. The molecule has 1 atom stereocenters. The SMILES string of the molecule is CCCCc1nnc(NC(=O)[C@H](C)Sc2nc(N)cc(=O)[nH]2)s1. The van der Waals surface area contributed by atoms with Crippen molar-refractivity contribution in [1.29, 1.82) is 0 Å². The number of unbranched alkanes of at least 4 members (excludes halogenated alkanes) is 1. The topological polar surface area (TPSA) is 127 Å². The molecule has 0 aromatic carbocycles. The highest BCUT2D eigenvalue weighted by atomic mass is 32.2. The van der Waals surface area contributed by atoms with E-state index in [4.69, 9.17) is 5.73 Å². The second kappa shape index (κ2) is 8.06. The highest BCUT2D eigenvalue weighted by molar-refractivity contribution is 8.00. The minimum Gasteiger partial charge on any atom is -0.383 e. The molecule has 2 rings (SSSR count). The monoisotopic (exact) mass is 354 g/mol. The highest BCUT2D eigenvalue weighted by Gasteiger charge is 2.18. The van der Waals surface area contributed by atoms with E-state index in [2.05, 4.69) is 32.4 Å². The van der Waals surface area contributed by atoms with Crippen LogP contribution >= 0.6 is 23.1 Å². The Morgan fingerprint density at radius 1 is 1.52 bits per heavy atom. The minimum absolute atomic E-state index is 0.119. The van der Waals surface area contributed by atoms with Crippen molar-refractivity contribution in [2.24, 2.45) is 0 Å². The molecule has 0 bridgehead atoms. The van der Waals surface area contributed by atoms with Crippen LogP contribution in [0.5, 0.6) is 0 Å². The molecule has 1 amide bonds. The number of aromatic amines is 1. The second-order valence-electron chi connectivity index (χ2n) is 4.83. The van der Waals surface area contributed by atoms with Gasteiger partial charge in [-0.2, -0.15) is 0 Å². The fourth-order valence-electron chi connectivity index (χ4n) is 1.67. The third-order valence-electron chi connectivity index (χ3n) is 2.84. The molecule has 0 aliphatic rings. The summed E-state index contributed by atoms with van der Waals surface area (Å²) < 4.78 is 0. The van der Waals surface area contributed by atoms with Gasteiger partial charge < -0.3 is 10.7 Å². The maximum atomic E-state index is 12.2. The molecule has 4 N–H and O–H groups in total. The molecule has 2 aromatic rings. The van der Waals surface area contributed by atoms with E-state index in [1.807, 2.05) is 0 Å². The van der Waals surface area contributed by atoms with E-state index < -0.39 is 5.25 Å². The first-order valence-corrected chi connectivity index (χ1v) is 8.84. The molecule has 124 valence electrons. The van der Waals surface area contributed by atoms with Crippen molar-refractivity contribution in [3.63, 3.8) is 0 Å². The zero-order valence-corrected chi connectivity index (χ0v) is 14.5. The first kappa shape index (κ1) is 17.4. The van der Waals surface area contributed by atoms with Gasteiger partial charge >= 0.3 is 0 Å². The lowest BCUT2D eigenvalue weighted by molar-refractivity contribution is -0.115. The number of nitrogens with one attached hydrogen (secondary N) is 2. The number of hydrogen-bond donors (Lipinski definition) is 3. The van der Waals surface area contributed by atoms with Crippen LogP contribution < -0.4 is 16.6 Å². The van der Waals surface area contributed by atoms with Crippen LogP contribution in [-0.4, -0.2) is 31.3 Å². The molecule has 10 heteroatoms. The number of carbonyl (C=O) groups is 1. The number of nitrogens with two attached hydrogens (primary N) is 1. The number of nitrogens with zero attached hydrogens (tertiary/aromatic N) is 3. The van der Waals surface area contributed by atoms with Gasteiger partial charge in [0.05, 0.1) is 5.25 Å². The standard InChI is InChI=1S/C13H18N6O2S2/c1-3-4-5-10-18-19-13(23-10)17-11(21)7(2)22-12-15-8(14)6-9(20)16-12/h6-7H,3-5H2,1-2H3,(H,17,19,21)(H3,14,15,16,20)/t7-/m0/s1. The van der Waals surface area contributed by atoms with E-state index in [0.717, 1.165) is 36.0 Å². The zero-order valence-electron chi connectivity index (χ0n) is 12.8. The lowest BCUT2D eigenvalue weighted by atomic mass is 10.3. The summed E-state index contributed by atoms with van der Waals surface area (Å²) in [6.45, 7) is 3.82. The molecule has 0 unspecified atom stereocenters. The summed E-state index contributed by atoms with van der Waals surface area (Å²) >= 11 is 2.49. The van der Waals surface area contributed by atoms with Crippen LogP contribution in [0.1, 0.15) is 31.7 Å². The highest BCUT2D eigenvalue weighted by Crippen LogP contribution is 2.22. The Bertz CT molecular complexity index is 729. The molecule has 0 saturated carbocycles. The van der Waals surface area contributed by atoms with Crippen LogP contribution in [0.2, 0.25) is 0 Å². The van der Waals surface area contributed by atoms with E-state index in [1.54, 1.807) is 6.92 Å². The lowest BCUT2D eigenvalue weighted by Gasteiger charge is -2.09. The average molecular weight is 354 g/mol. The molecule has 0 radical (unpaired) electrons. The van der Waals surface area contributed by atoms with E-state index >= 15 is 0 Å².